The first-order valence-electron chi connectivity index (χ1n) is 7.91. The highest BCUT2D eigenvalue weighted by molar-refractivity contribution is 5.49. The number of aromatic nitrogens is 2. The number of nitrogens with zero attached hydrogens (tertiary/aromatic N) is 4. The highest BCUT2D eigenvalue weighted by Crippen LogP contribution is 2.19. The van der Waals surface area contributed by atoms with Gasteiger partial charge in [0.15, 0.2) is 0 Å². The van der Waals surface area contributed by atoms with Gasteiger partial charge in [0.2, 0.25) is 5.95 Å². The highest BCUT2D eigenvalue weighted by atomic mass is 15.2. The third-order valence-electron chi connectivity index (χ3n) is 3.18. The van der Waals surface area contributed by atoms with E-state index in [-0.39, 0.29) is 0 Å². The first kappa shape index (κ1) is 17.7. The van der Waals surface area contributed by atoms with Crippen LogP contribution in [0.25, 0.3) is 0 Å². The molecule has 0 saturated carbocycles. The average molecular weight is 293 g/mol. The van der Waals surface area contributed by atoms with Crippen LogP contribution in [0.5, 0.6) is 0 Å². The van der Waals surface area contributed by atoms with Gasteiger partial charge in [-0.2, -0.15) is 4.98 Å². The molecule has 5 heteroatoms. The Balaban J connectivity index is 2.92. The molecule has 0 aliphatic carbocycles. The number of rotatable bonds is 9. The Kier molecular flexibility index (Phi) is 7.43. The quantitative estimate of drug-likeness (QED) is 0.758. The molecule has 0 aliphatic heterocycles. The van der Waals surface area contributed by atoms with E-state index in [1.165, 1.54) is 0 Å². The normalized spacial score (nSPS) is 11.2. The third kappa shape index (κ3) is 6.29. The Hall–Kier alpha value is -1.36. The molecule has 0 unspecified atom stereocenters. The largest absolute Gasteiger partial charge is 0.355 e. The molecule has 0 radical (unpaired) electrons. The van der Waals surface area contributed by atoms with Gasteiger partial charge in [-0.3, -0.25) is 0 Å². The summed E-state index contributed by atoms with van der Waals surface area (Å²) in [4.78, 5) is 13.7. The number of aryl methyl sites for hydroxylation is 1. The van der Waals surface area contributed by atoms with Gasteiger partial charge in [-0.05, 0) is 33.4 Å². The first-order chi connectivity index (χ1) is 9.93. The molecule has 1 aromatic rings. The van der Waals surface area contributed by atoms with Gasteiger partial charge < -0.3 is 15.1 Å². The van der Waals surface area contributed by atoms with Crippen LogP contribution in [-0.4, -0.2) is 55.1 Å². The van der Waals surface area contributed by atoms with Crippen molar-refractivity contribution in [3.63, 3.8) is 0 Å². The van der Waals surface area contributed by atoms with E-state index in [1.54, 1.807) is 0 Å². The molecule has 0 fully saturated rings. The summed E-state index contributed by atoms with van der Waals surface area (Å²) in [5.41, 5.74) is 1.14. The predicted octanol–water partition coefficient (Wildman–Crippen LogP) is 2.63. The van der Waals surface area contributed by atoms with Crippen molar-refractivity contribution in [2.45, 2.75) is 34.1 Å². The monoisotopic (exact) mass is 293 g/mol. The predicted molar refractivity (Wildman–Crippen MR) is 91.2 cm³/mol. The van der Waals surface area contributed by atoms with Crippen molar-refractivity contribution in [1.29, 1.82) is 0 Å². The van der Waals surface area contributed by atoms with Gasteiger partial charge >= 0.3 is 0 Å². The van der Waals surface area contributed by atoms with Crippen molar-refractivity contribution in [2.24, 2.45) is 5.92 Å². The zero-order valence-electron chi connectivity index (χ0n) is 14.5. The van der Waals surface area contributed by atoms with Crippen LogP contribution in [-0.2, 0) is 0 Å². The lowest BCUT2D eigenvalue weighted by Gasteiger charge is -2.28. The van der Waals surface area contributed by atoms with Crippen LogP contribution in [0.1, 0.15) is 32.8 Å². The average Bonchev–Trinajstić information content (AvgIpc) is 2.42. The molecule has 0 spiro atoms. The summed E-state index contributed by atoms with van der Waals surface area (Å²) in [7, 11) is 4.21. The van der Waals surface area contributed by atoms with E-state index in [0.717, 1.165) is 49.9 Å². The molecule has 0 atom stereocenters. The molecular weight excluding hydrogens is 262 g/mol. The Labute approximate surface area is 129 Å². The van der Waals surface area contributed by atoms with E-state index >= 15 is 0 Å². The molecule has 120 valence electrons. The van der Waals surface area contributed by atoms with Crippen LogP contribution in [0.15, 0.2) is 6.20 Å². The topological polar surface area (TPSA) is 44.3 Å². The molecule has 0 aromatic carbocycles. The molecule has 1 aromatic heterocycles. The summed E-state index contributed by atoms with van der Waals surface area (Å²) in [6.07, 6.45) is 2.99. The summed E-state index contributed by atoms with van der Waals surface area (Å²) < 4.78 is 0. The van der Waals surface area contributed by atoms with E-state index in [9.17, 15) is 0 Å². The SMILES string of the molecule is CCCNc1ncc(C)c(N(CCN(C)C)CC(C)C)n1. The fourth-order valence-electron chi connectivity index (χ4n) is 2.12. The zero-order valence-corrected chi connectivity index (χ0v) is 14.5. The zero-order chi connectivity index (χ0) is 15.8. The smallest absolute Gasteiger partial charge is 0.224 e. The van der Waals surface area contributed by atoms with Gasteiger partial charge in [-0.25, -0.2) is 4.98 Å². The molecule has 21 heavy (non-hydrogen) atoms. The van der Waals surface area contributed by atoms with Crippen molar-refractivity contribution in [1.82, 2.24) is 14.9 Å². The molecule has 0 saturated heterocycles. The van der Waals surface area contributed by atoms with Gasteiger partial charge in [0.25, 0.3) is 0 Å². The first-order valence-corrected chi connectivity index (χ1v) is 7.91. The van der Waals surface area contributed by atoms with Gasteiger partial charge in [0, 0.05) is 37.9 Å². The maximum absolute atomic E-state index is 4.73. The van der Waals surface area contributed by atoms with Crippen molar-refractivity contribution < 1.29 is 0 Å². The fourth-order valence-corrected chi connectivity index (χ4v) is 2.12. The lowest BCUT2D eigenvalue weighted by Crippen LogP contribution is -2.35. The summed E-state index contributed by atoms with van der Waals surface area (Å²) in [5, 5.41) is 3.28. The molecule has 0 amide bonds. The molecule has 0 bridgehead atoms. The lowest BCUT2D eigenvalue weighted by molar-refractivity contribution is 0.408. The van der Waals surface area contributed by atoms with E-state index in [1.807, 2.05) is 6.20 Å². The van der Waals surface area contributed by atoms with Gasteiger partial charge in [-0.1, -0.05) is 20.8 Å². The van der Waals surface area contributed by atoms with Crippen molar-refractivity contribution >= 4 is 11.8 Å². The molecular formula is C16H31N5. The van der Waals surface area contributed by atoms with E-state index in [0.29, 0.717) is 5.92 Å². The lowest BCUT2D eigenvalue weighted by atomic mass is 10.2. The van der Waals surface area contributed by atoms with Crippen LogP contribution in [0, 0.1) is 12.8 Å². The van der Waals surface area contributed by atoms with Gasteiger partial charge in [0.05, 0.1) is 0 Å². The molecule has 1 rings (SSSR count). The minimum Gasteiger partial charge on any atom is -0.355 e. The Bertz CT molecular complexity index is 417. The third-order valence-corrected chi connectivity index (χ3v) is 3.18. The Morgan fingerprint density at radius 2 is 1.95 bits per heavy atom. The number of nitrogens with one attached hydrogen (secondary N) is 1. The summed E-state index contributed by atoms with van der Waals surface area (Å²) >= 11 is 0. The van der Waals surface area contributed by atoms with Crippen molar-refractivity contribution in [3.05, 3.63) is 11.8 Å². The standard InChI is InChI=1S/C16H31N5/c1-7-8-17-16-18-11-14(4)15(19-16)21(12-13(2)3)10-9-20(5)6/h11,13H,7-10,12H2,1-6H3,(H,17,18,19). The Morgan fingerprint density at radius 1 is 1.24 bits per heavy atom. The minimum absolute atomic E-state index is 0.605. The fraction of sp³-hybridized carbons (Fsp3) is 0.750. The van der Waals surface area contributed by atoms with E-state index in [4.69, 9.17) is 4.98 Å². The highest BCUT2D eigenvalue weighted by Gasteiger charge is 2.14. The molecule has 1 N–H and O–H groups in total. The second kappa shape index (κ2) is 8.82. The summed E-state index contributed by atoms with van der Waals surface area (Å²) in [6.45, 7) is 12.6. The van der Waals surface area contributed by atoms with Crippen LogP contribution in [0.3, 0.4) is 0 Å². The number of hydrogen-bond acceptors (Lipinski definition) is 5. The molecule has 0 aliphatic rings. The van der Waals surface area contributed by atoms with Crippen molar-refractivity contribution in [2.75, 3.05) is 50.5 Å². The van der Waals surface area contributed by atoms with Crippen LogP contribution in [0.4, 0.5) is 11.8 Å². The van der Waals surface area contributed by atoms with E-state index < -0.39 is 0 Å². The second-order valence-corrected chi connectivity index (χ2v) is 6.27. The molecule has 5 nitrogen and oxygen atoms in total. The van der Waals surface area contributed by atoms with Gasteiger partial charge in [0.1, 0.15) is 5.82 Å². The minimum atomic E-state index is 0.605. The van der Waals surface area contributed by atoms with Crippen molar-refractivity contribution in [3.8, 4) is 0 Å². The summed E-state index contributed by atoms with van der Waals surface area (Å²) in [5.74, 6) is 2.39. The number of hydrogen-bond donors (Lipinski definition) is 1. The van der Waals surface area contributed by atoms with Crippen LogP contribution >= 0.6 is 0 Å². The number of anilines is 2. The van der Waals surface area contributed by atoms with Crippen LogP contribution in [0.2, 0.25) is 0 Å². The Morgan fingerprint density at radius 3 is 2.52 bits per heavy atom. The van der Waals surface area contributed by atoms with Crippen LogP contribution < -0.4 is 10.2 Å². The maximum Gasteiger partial charge on any atom is 0.224 e. The van der Waals surface area contributed by atoms with Gasteiger partial charge in [-0.15, -0.1) is 0 Å². The molecule has 1 heterocycles. The maximum atomic E-state index is 4.73. The second-order valence-electron chi connectivity index (χ2n) is 6.27. The summed E-state index contributed by atoms with van der Waals surface area (Å²) in [6, 6.07) is 0. The van der Waals surface area contributed by atoms with E-state index in [2.05, 4.69) is 61.9 Å². The number of likely N-dealkylation sites (N-methyl/N-ethyl adjacent to an activating group) is 1.